The van der Waals surface area contributed by atoms with Gasteiger partial charge >= 0.3 is 0 Å². The number of hydrogen-bond acceptors (Lipinski definition) is 8. The average Bonchev–Trinajstić information content (AvgIpc) is 2.86. The fraction of sp³-hybridized carbons (Fsp3) is 0.400. The number of anilines is 2. The average molecular weight is 447 g/mol. The summed E-state index contributed by atoms with van der Waals surface area (Å²) in [4.78, 5) is 13.8. The van der Waals surface area contributed by atoms with E-state index < -0.39 is 0 Å². The van der Waals surface area contributed by atoms with Crippen LogP contribution in [-0.2, 0) is 0 Å². The molecular formula is C25H30N6O2. The number of fused-ring (bicyclic) bond motifs is 1. The second-order valence-corrected chi connectivity index (χ2v) is 8.04. The van der Waals surface area contributed by atoms with Gasteiger partial charge in [0.25, 0.3) is 0 Å². The summed E-state index contributed by atoms with van der Waals surface area (Å²) in [5.41, 5.74) is 2.13. The fourth-order valence-corrected chi connectivity index (χ4v) is 4.04. The van der Waals surface area contributed by atoms with E-state index in [1.807, 2.05) is 24.3 Å². The van der Waals surface area contributed by atoms with Crippen molar-refractivity contribution < 1.29 is 9.47 Å². The molecule has 8 nitrogen and oxygen atoms in total. The number of benzene rings is 2. The SMILES string of the molecule is CCN1CCN(CCCOc2cc3ncnc(Nc4cccc(C#N)c4)c3cc2OC)CC1. The molecule has 1 saturated heterocycles. The predicted molar refractivity (Wildman–Crippen MR) is 129 cm³/mol. The first kappa shape index (κ1) is 22.8. The second kappa shape index (κ2) is 10.9. The van der Waals surface area contributed by atoms with Gasteiger partial charge in [-0.15, -0.1) is 0 Å². The lowest BCUT2D eigenvalue weighted by Crippen LogP contribution is -2.46. The van der Waals surface area contributed by atoms with Crippen LogP contribution in [0.4, 0.5) is 11.5 Å². The lowest BCUT2D eigenvalue weighted by molar-refractivity contribution is 0.130. The van der Waals surface area contributed by atoms with Gasteiger partial charge in [0.2, 0.25) is 0 Å². The van der Waals surface area contributed by atoms with E-state index in [1.54, 1.807) is 19.2 Å². The van der Waals surface area contributed by atoms with Gasteiger partial charge in [-0.05, 0) is 37.2 Å². The molecule has 0 aliphatic carbocycles. The molecule has 0 amide bonds. The summed E-state index contributed by atoms with van der Waals surface area (Å²) in [6.45, 7) is 9.54. The Morgan fingerprint density at radius 3 is 2.64 bits per heavy atom. The van der Waals surface area contributed by atoms with E-state index >= 15 is 0 Å². The fourth-order valence-electron chi connectivity index (χ4n) is 4.04. The molecular weight excluding hydrogens is 416 g/mol. The monoisotopic (exact) mass is 446 g/mol. The number of hydrogen-bond donors (Lipinski definition) is 1. The van der Waals surface area contributed by atoms with Crippen LogP contribution in [0.2, 0.25) is 0 Å². The standard InChI is InChI=1S/C25H30N6O2/c1-3-30-9-11-31(12-10-30)8-5-13-33-24-16-22-21(15-23(24)32-2)25(28-18-27-22)29-20-7-4-6-19(14-20)17-26/h4,6-7,14-16,18H,3,5,8-13H2,1-2H3,(H,27,28,29). The van der Waals surface area contributed by atoms with E-state index in [4.69, 9.17) is 14.7 Å². The molecule has 1 aliphatic heterocycles. The van der Waals surface area contributed by atoms with Gasteiger partial charge in [0.05, 0.1) is 30.9 Å². The summed E-state index contributed by atoms with van der Waals surface area (Å²) in [6.07, 6.45) is 2.48. The molecule has 172 valence electrons. The Bertz CT molecular complexity index is 1120. The Morgan fingerprint density at radius 1 is 1.06 bits per heavy atom. The first-order chi connectivity index (χ1) is 16.2. The van der Waals surface area contributed by atoms with Crippen LogP contribution in [0.5, 0.6) is 11.5 Å². The third kappa shape index (κ3) is 5.69. The molecule has 1 N–H and O–H groups in total. The van der Waals surface area contributed by atoms with Crippen molar-refractivity contribution in [2.45, 2.75) is 13.3 Å². The highest BCUT2D eigenvalue weighted by Crippen LogP contribution is 2.34. The molecule has 0 atom stereocenters. The van der Waals surface area contributed by atoms with Crippen LogP contribution in [-0.4, -0.2) is 72.8 Å². The van der Waals surface area contributed by atoms with E-state index in [1.165, 1.54) is 6.33 Å². The zero-order valence-corrected chi connectivity index (χ0v) is 19.3. The Balaban J connectivity index is 1.42. The van der Waals surface area contributed by atoms with Crippen molar-refractivity contribution in [2.75, 3.05) is 58.3 Å². The van der Waals surface area contributed by atoms with Gasteiger partial charge < -0.3 is 24.6 Å². The number of likely N-dealkylation sites (N-methyl/N-ethyl adjacent to an activating group) is 1. The maximum Gasteiger partial charge on any atom is 0.163 e. The van der Waals surface area contributed by atoms with Crippen LogP contribution < -0.4 is 14.8 Å². The van der Waals surface area contributed by atoms with E-state index in [9.17, 15) is 0 Å². The van der Waals surface area contributed by atoms with Crippen LogP contribution in [0.1, 0.15) is 18.9 Å². The number of piperazine rings is 1. The van der Waals surface area contributed by atoms with Crippen molar-refractivity contribution in [3.8, 4) is 17.6 Å². The largest absolute Gasteiger partial charge is 0.493 e. The lowest BCUT2D eigenvalue weighted by atomic mass is 10.2. The van der Waals surface area contributed by atoms with Crippen LogP contribution >= 0.6 is 0 Å². The van der Waals surface area contributed by atoms with Crippen molar-refractivity contribution in [2.24, 2.45) is 0 Å². The van der Waals surface area contributed by atoms with Crippen molar-refractivity contribution in [3.63, 3.8) is 0 Å². The molecule has 0 unspecified atom stereocenters. The third-order valence-corrected chi connectivity index (χ3v) is 5.96. The number of rotatable bonds is 9. The number of ether oxygens (including phenoxy) is 2. The Morgan fingerprint density at radius 2 is 1.88 bits per heavy atom. The summed E-state index contributed by atoms with van der Waals surface area (Å²) in [7, 11) is 1.63. The molecule has 1 fully saturated rings. The molecule has 1 aromatic heterocycles. The molecule has 0 saturated carbocycles. The Labute approximate surface area is 194 Å². The molecule has 2 heterocycles. The number of nitrogens with one attached hydrogen (secondary N) is 1. The molecule has 33 heavy (non-hydrogen) atoms. The first-order valence-corrected chi connectivity index (χ1v) is 11.4. The highest BCUT2D eigenvalue weighted by molar-refractivity contribution is 5.93. The van der Waals surface area contributed by atoms with Gasteiger partial charge in [-0.1, -0.05) is 13.0 Å². The molecule has 4 rings (SSSR count). The summed E-state index contributed by atoms with van der Waals surface area (Å²) in [5.74, 6) is 1.96. The smallest absolute Gasteiger partial charge is 0.163 e. The van der Waals surface area contributed by atoms with Crippen LogP contribution in [0, 0.1) is 11.3 Å². The summed E-state index contributed by atoms with van der Waals surface area (Å²) in [5, 5.41) is 13.2. The highest BCUT2D eigenvalue weighted by atomic mass is 16.5. The molecule has 3 aromatic rings. The molecule has 0 spiro atoms. The Kier molecular flexibility index (Phi) is 7.55. The molecule has 8 heteroatoms. The number of methoxy groups -OCH3 is 1. The van der Waals surface area contributed by atoms with Gasteiger partial charge in [0.1, 0.15) is 12.1 Å². The predicted octanol–water partition coefficient (Wildman–Crippen LogP) is 3.66. The molecule has 1 aliphatic rings. The molecule has 2 aromatic carbocycles. The minimum atomic E-state index is 0.582. The highest BCUT2D eigenvalue weighted by Gasteiger charge is 2.15. The molecule has 0 bridgehead atoms. The summed E-state index contributed by atoms with van der Waals surface area (Å²) >= 11 is 0. The van der Waals surface area contributed by atoms with Crippen molar-refractivity contribution in [3.05, 3.63) is 48.3 Å². The normalized spacial score (nSPS) is 14.7. The second-order valence-electron chi connectivity index (χ2n) is 8.04. The first-order valence-electron chi connectivity index (χ1n) is 11.4. The minimum absolute atomic E-state index is 0.582. The number of nitriles is 1. The van der Waals surface area contributed by atoms with Gasteiger partial charge in [0.15, 0.2) is 11.5 Å². The van der Waals surface area contributed by atoms with E-state index in [2.05, 4.69) is 38.1 Å². The lowest BCUT2D eigenvalue weighted by Gasteiger charge is -2.33. The minimum Gasteiger partial charge on any atom is -0.493 e. The summed E-state index contributed by atoms with van der Waals surface area (Å²) < 4.78 is 11.7. The maximum atomic E-state index is 9.14. The maximum absolute atomic E-state index is 9.14. The Hall–Kier alpha value is -3.41. The van der Waals surface area contributed by atoms with Crippen molar-refractivity contribution in [1.29, 1.82) is 5.26 Å². The topological polar surface area (TPSA) is 86.5 Å². The quantitative estimate of drug-likeness (QED) is 0.499. The van der Waals surface area contributed by atoms with Crippen LogP contribution in [0.15, 0.2) is 42.7 Å². The van der Waals surface area contributed by atoms with E-state index in [-0.39, 0.29) is 0 Å². The van der Waals surface area contributed by atoms with Gasteiger partial charge in [0, 0.05) is 49.9 Å². The summed E-state index contributed by atoms with van der Waals surface area (Å²) in [6, 6.07) is 13.2. The van der Waals surface area contributed by atoms with E-state index in [0.717, 1.165) is 62.3 Å². The molecule has 0 radical (unpaired) electrons. The number of nitrogens with zero attached hydrogens (tertiary/aromatic N) is 5. The van der Waals surface area contributed by atoms with E-state index in [0.29, 0.717) is 29.5 Å². The zero-order valence-electron chi connectivity index (χ0n) is 19.3. The van der Waals surface area contributed by atoms with Crippen molar-refractivity contribution in [1.82, 2.24) is 19.8 Å². The van der Waals surface area contributed by atoms with Gasteiger partial charge in [-0.3, -0.25) is 0 Å². The van der Waals surface area contributed by atoms with Crippen LogP contribution in [0.25, 0.3) is 10.9 Å². The number of aromatic nitrogens is 2. The van der Waals surface area contributed by atoms with Gasteiger partial charge in [-0.25, -0.2) is 9.97 Å². The zero-order chi connectivity index (χ0) is 23.0. The van der Waals surface area contributed by atoms with Crippen molar-refractivity contribution >= 4 is 22.4 Å². The third-order valence-electron chi connectivity index (χ3n) is 5.96. The van der Waals surface area contributed by atoms with Gasteiger partial charge in [-0.2, -0.15) is 5.26 Å². The van der Waals surface area contributed by atoms with Crippen LogP contribution in [0.3, 0.4) is 0 Å².